The smallest absolute Gasteiger partial charge is 0.253 e. The van der Waals surface area contributed by atoms with Gasteiger partial charge in [0.15, 0.2) is 0 Å². The summed E-state index contributed by atoms with van der Waals surface area (Å²) in [5.74, 6) is 0.0140. The van der Waals surface area contributed by atoms with E-state index in [9.17, 15) is 9.59 Å². The van der Waals surface area contributed by atoms with E-state index in [2.05, 4.69) is 10.4 Å². The highest BCUT2D eigenvalue weighted by atomic mass is 16.2. The van der Waals surface area contributed by atoms with Crippen LogP contribution in [0.1, 0.15) is 53.1 Å². The zero-order valence-corrected chi connectivity index (χ0v) is 17.2. The van der Waals surface area contributed by atoms with E-state index in [4.69, 9.17) is 0 Å². The topological polar surface area (TPSA) is 67.2 Å². The largest absolute Gasteiger partial charge is 0.352 e. The van der Waals surface area contributed by atoms with Gasteiger partial charge in [-0.2, -0.15) is 5.10 Å². The van der Waals surface area contributed by atoms with Crippen molar-refractivity contribution >= 4 is 11.8 Å². The highest BCUT2D eigenvalue weighted by Crippen LogP contribution is 2.14. The van der Waals surface area contributed by atoms with Crippen LogP contribution in [0.25, 0.3) is 0 Å². The van der Waals surface area contributed by atoms with Gasteiger partial charge in [0.05, 0.1) is 5.69 Å². The van der Waals surface area contributed by atoms with Crippen LogP contribution in [0.2, 0.25) is 0 Å². The second kappa shape index (κ2) is 8.84. The van der Waals surface area contributed by atoms with Gasteiger partial charge in [-0.3, -0.25) is 14.3 Å². The number of carbonyl (C=O) groups is 2. The standard InChI is InChI=1S/C21H30N4O2/c1-14(2)24(5)21(27)18-9-7-17(8-10-18)13-22-20(26)12-11-19-15(3)23-25(6)16(19)4/h7-10,14H,11-13H2,1-6H3,(H,22,26). The SMILES string of the molecule is Cc1nn(C)c(C)c1CCC(=O)NCc1ccc(C(=O)N(C)C(C)C)cc1. The minimum atomic E-state index is 0.00259. The van der Waals surface area contributed by atoms with E-state index in [0.29, 0.717) is 24.9 Å². The summed E-state index contributed by atoms with van der Waals surface area (Å²) in [4.78, 5) is 26.2. The zero-order valence-electron chi connectivity index (χ0n) is 17.2. The fourth-order valence-electron chi connectivity index (χ4n) is 2.91. The molecule has 0 spiro atoms. The first-order valence-electron chi connectivity index (χ1n) is 9.32. The number of benzene rings is 1. The number of hydrogen-bond acceptors (Lipinski definition) is 3. The summed E-state index contributed by atoms with van der Waals surface area (Å²) in [5, 5.41) is 7.32. The van der Waals surface area contributed by atoms with Gasteiger partial charge in [0.25, 0.3) is 5.91 Å². The molecule has 0 aliphatic carbocycles. The molecule has 0 atom stereocenters. The Morgan fingerprint density at radius 2 is 1.81 bits per heavy atom. The third-order valence-corrected chi connectivity index (χ3v) is 5.05. The van der Waals surface area contributed by atoms with Crippen LogP contribution >= 0.6 is 0 Å². The average molecular weight is 370 g/mol. The van der Waals surface area contributed by atoms with Crippen LogP contribution in [0, 0.1) is 13.8 Å². The van der Waals surface area contributed by atoms with E-state index in [1.807, 2.05) is 63.7 Å². The van der Waals surface area contributed by atoms with E-state index >= 15 is 0 Å². The molecule has 1 N–H and O–H groups in total. The van der Waals surface area contributed by atoms with Crippen LogP contribution in [-0.4, -0.2) is 39.6 Å². The molecule has 1 aromatic heterocycles. The van der Waals surface area contributed by atoms with Crippen LogP contribution in [0.15, 0.2) is 24.3 Å². The minimum Gasteiger partial charge on any atom is -0.352 e. The van der Waals surface area contributed by atoms with E-state index < -0.39 is 0 Å². The highest BCUT2D eigenvalue weighted by molar-refractivity contribution is 5.94. The molecule has 2 amide bonds. The summed E-state index contributed by atoms with van der Waals surface area (Å²) >= 11 is 0. The Morgan fingerprint density at radius 3 is 2.33 bits per heavy atom. The van der Waals surface area contributed by atoms with E-state index in [1.54, 1.807) is 11.9 Å². The van der Waals surface area contributed by atoms with Crippen molar-refractivity contribution in [3.05, 3.63) is 52.3 Å². The molecule has 0 unspecified atom stereocenters. The maximum Gasteiger partial charge on any atom is 0.253 e. The maximum absolute atomic E-state index is 12.3. The zero-order chi connectivity index (χ0) is 20.1. The predicted octanol–water partition coefficient (Wildman–Crippen LogP) is 2.77. The molecule has 1 aromatic carbocycles. The fraction of sp³-hybridized carbons (Fsp3) is 0.476. The Morgan fingerprint density at radius 1 is 1.19 bits per heavy atom. The molecule has 0 bridgehead atoms. The van der Waals surface area contributed by atoms with Crippen LogP contribution in [0.4, 0.5) is 0 Å². The number of nitrogens with one attached hydrogen (secondary N) is 1. The van der Waals surface area contributed by atoms with Gasteiger partial charge in [-0.05, 0) is 57.4 Å². The Hall–Kier alpha value is -2.63. The maximum atomic E-state index is 12.3. The number of aryl methyl sites for hydroxylation is 2. The Kier molecular flexibility index (Phi) is 6.77. The van der Waals surface area contributed by atoms with E-state index in [-0.39, 0.29) is 17.9 Å². The van der Waals surface area contributed by atoms with Gasteiger partial charge in [-0.25, -0.2) is 0 Å². The number of hydrogen-bond donors (Lipinski definition) is 1. The van der Waals surface area contributed by atoms with Gasteiger partial charge in [-0.15, -0.1) is 0 Å². The lowest BCUT2D eigenvalue weighted by Gasteiger charge is -2.21. The van der Waals surface area contributed by atoms with Crippen molar-refractivity contribution in [2.45, 2.75) is 53.1 Å². The average Bonchev–Trinajstić information content (AvgIpc) is 2.89. The third-order valence-electron chi connectivity index (χ3n) is 5.05. The summed E-state index contributed by atoms with van der Waals surface area (Å²) in [6, 6.07) is 7.55. The van der Waals surface area contributed by atoms with Crippen molar-refractivity contribution < 1.29 is 9.59 Å². The number of rotatable bonds is 7. The lowest BCUT2D eigenvalue weighted by atomic mass is 10.1. The summed E-state index contributed by atoms with van der Waals surface area (Å²) in [6.45, 7) is 8.41. The molecule has 1 heterocycles. The Bertz CT molecular complexity index is 806. The molecule has 0 saturated heterocycles. The van der Waals surface area contributed by atoms with Crippen molar-refractivity contribution in [1.82, 2.24) is 20.0 Å². The number of aromatic nitrogens is 2. The number of carbonyl (C=O) groups excluding carboxylic acids is 2. The van der Waals surface area contributed by atoms with Gasteiger partial charge in [0.1, 0.15) is 0 Å². The molecule has 2 aromatic rings. The van der Waals surface area contributed by atoms with Crippen LogP contribution in [-0.2, 0) is 24.8 Å². The van der Waals surface area contributed by atoms with Gasteiger partial charge in [0.2, 0.25) is 5.91 Å². The van der Waals surface area contributed by atoms with Gasteiger partial charge in [0, 0.05) is 44.4 Å². The molecule has 6 nitrogen and oxygen atoms in total. The van der Waals surface area contributed by atoms with Gasteiger partial charge < -0.3 is 10.2 Å². The molecule has 0 fully saturated rings. The van der Waals surface area contributed by atoms with Gasteiger partial charge >= 0.3 is 0 Å². The first kappa shape index (κ1) is 20.7. The van der Waals surface area contributed by atoms with Crippen molar-refractivity contribution in [3.63, 3.8) is 0 Å². The molecule has 27 heavy (non-hydrogen) atoms. The van der Waals surface area contributed by atoms with Crippen molar-refractivity contribution in [2.24, 2.45) is 7.05 Å². The predicted molar refractivity (Wildman–Crippen MR) is 107 cm³/mol. The summed E-state index contributed by atoms with van der Waals surface area (Å²) in [5.41, 5.74) is 4.86. The first-order valence-corrected chi connectivity index (χ1v) is 9.32. The lowest BCUT2D eigenvalue weighted by Crippen LogP contribution is -2.32. The summed E-state index contributed by atoms with van der Waals surface area (Å²) in [7, 11) is 3.71. The van der Waals surface area contributed by atoms with Crippen molar-refractivity contribution in [2.75, 3.05) is 7.05 Å². The number of nitrogens with zero attached hydrogens (tertiary/aromatic N) is 3. The fourth-order valence-corrected chi connectivity index (χ4v) is 2.91. The Balaban J connectivity index is 1.85. The van der Waals surface area contributed by atoms with Crippen molar-refractivity contribution in [3.8, 4) is 0 Å². The van der Waals surface area contributed by atoms with Crippen LogP contribution < -0.4 is 5.32 Å². The van der Waals surface area contributed by atoms with E-state index in [0.717, 1.165) is 22.5 Å². The molecular weight excluding hydrogens is 340 g/mol. The van der Waals surface area contributed by atoms with Crippen molar-refractivity contribution in [1.29, 1.82) is 0 Å². The Labute approximate surface area is 161 Å². The molecule has 0 saturated carbocycles. The third kappa shape index (κ3) is 5.18. The lowest BCUT2D eigenvalue weighted by molar-refractivity contribution is -0.121. The molecule has 0 aliphatic heterocycles. The van der Waals surface area contributed by atoms with E-state index in [1.165, 1.54) is 0 Å². The van der Waals surface area contributed by atoms with Crippen LogP contribution in [0.5, 0.6) is 0 Å². The normalized spacial score (nSPS) is 10.9. The molecule has 6 heteroatoms. The quantitative estimate of drug-likeness (QED) is 0.815. The number of amides is 2. The summed E-state index contributed by atoms with van der Waals surface area (Å²) < 4.78 is 1.85. The van der Waals surface area contributed by atoms with Crippen LogP contribution in [0.3, 0.4) is 0 Å². The second-order valence-corrected chi connectivity index (χ2v) is 7.26. The minimum absolute atomic E-state index is 0.00259. The molecule has 0 radical (unpaired) electrons. The molecule has 146 valence electrons. The molecule has 2 rings (SSSR count). The summed E-state index contributed by atoms with van der Waals surface area (Å²) in [6.07, 6.45) is 1.12. The highest BCUT2D eigenvalue weighted by Gasteiger charge is 2.14. The second-order valence-electron chi connectivity index (χ2n) is 7.26. The molecular formula is C21H30N4O2. The molecule has 0 aliphatic rings. The monoisotopic (exact) mass is 370 g/mol. The van der Waals surface area contributed by atoms with Gasteiger partial charge in [-0.1, -0.05) is 12.1 Å². The first-order chi connectivity index (χ1) is 12.7.